The first-order valence-electron chi connectivity index (χ1n) is 11.1. The van der Waals surface area contributed by atoms with Crippen LogP contribution in [0.1, 0.15) is 68.7 Å². The molecule has 10 heteroatoms. The normalized spacial score (nSPS) is 33.3. The molecule has 170 valence electrons. The predicted octanol–water partition coefficient (Wildman–Crippen LogP) is 4.55. The summed E-state index contributed by atoms with van der Waals surface area (Å²) in [7, 11) is 0. The molecule has 5 heterocycles. The molecule has 0 spiro atoms. The van der Waals surface area contributed by atoms with Crippen molar-refractivity contribution in [1.82, 2.24) is 20.5 Å². The van der Waals surface area contributed by atoms with Crippen molar-refractivity contribution in [3.63, 3.8) is 0 Å². The highest BCUT2D eigenvalue weighted by molar-refractivity contribution is 5.69. The van der Waals surface area contributed by atoms with Gasteiger partial charge in [0.25, 0.3) is 6.43 Å². The van der Waals surface area contributed by atoms with E-state index in [9.17, 15) is 13.6 Å². The number of H-pyrrole nitrogens is 1. The van der Waals surface area contributed by atoms with Crippen LogP contribution in [0.2, 0.25) is 0 Å². The van der Waals surface area contributed by atoms with Crippen molar-refractivity contribution in [2.24, 2.45) is 5.41 Å². The molecule has 9 rings (SSSR count). The van der Waals surface area contributed by atoms with E-state index in [-0.39, 0.29) is 40.6 Å². The number of amides is 1. The number of alkyl halides is 2. The number of ether oxygens (including phenoxy) is 2. The fraction of sp³-hybridized carbons (Fsp3) is 0.591. The van der Waals surface area contributed by atoms with Gasteiger partial charge in [-0.25, -0.2) is 18.6 Å². The first-order valence-corrected chi connectivity index (χ1v) is 11.1. The number of pyridine rings is 1. The summed E-state index contributed by atoms with van der Waals surface area (Å²) in [6.07, 6.45) is 2.77. The Labute approximate surface area is 183 Å². The van der Waals surface area contributed by atoms with Gasteiger partial charge in [0, 0.05) is 35.0 Å². The molecule has 0 radical (unpaired) electrons. The monoisotopic (exact) mass is 445 g/mol. The van der Waals surface area contributed by atoms with Gasteiger partial charge >= 0.3 is 6.09 Å². The first-order chi connectivity index (χ1) is 15.4. The van der Waals surface area contributed by atoms with Crippen molar-refractivity contribution in [1.29, 1.82) is 0 Å². The fourth-order valence-electron chi connectivity index (χ4n) is 6.04. The number of carbonyl (C=O) groups is 1. The third-order valence-electron chi connectivity index (χ3n) is 7.40. The summed E-state index contributed by atoms with van der Waals surface area (Å²) in [5.41, 5.74) is 1.04. The second kappa shape index (κ2) is 7.05. The molecule has 3 N–H and O–H groups in total. The maximum atomic E-state index is 13.4. The molecule has 32 heavy (non-hydrogen) atoms. The van der Waals surface area contributed by atoms with Crippen LogP contribution in [0.3, 0.4) is 0 Å². The molecule has 4 fully saturated rings. The van der Waals surface area contributed by atoms with E-state index < -0.39 is 6.43 Å². The SMILES string of the molecule is O=C1NC23CC(CCOc4cc(cc(C(F)F)n4)Nc4cc([nH]n4)[C@H]4CCC(C4)O1)(C2)C3. The quantitative estimate of drug-likeness (QED) is 0.595. The summed E-state index contributed by atoms with van der Waals surface area (Å²) in [6, 6.07) is 4.81. The van der Waals surface area contributed by atoms with Crippen molar-refractivity contribution in [3.05, 3.63) is 29.6 Å². The zero-order chi connectivity index (χ0) is 21.9. The summed E-state index contributed by atoms with van der Waals surface area (Å²) in [5, 5.41) is 13.5. The summed E-state index contributed by atoms with van der Waals surface area (Å²) in [6.45, 7) is 0.385. The van der Waals surface area contributed by atoms with Crippen LogP contribution in [0, 0.1) is 5.41 Å². The van der Waals surface area contributed by atoms with Gasteiger partial charge in [0.1, 0.15) is 11.8 Å². The largest absolute Gasteiger partial charge is 0.478 e. The van der Waals surface area contributed by atoms with E-state index >= 15 is 0 Å². The lowest BCUT2D eigenvalue weighted by Gasteiger charge is -2.70. The van der Waals surface area contributed by atoms with Crippen molar-refractivity contribution >= 4 is 17.6 Å². The second-order valence-corrected chi connectivity index (χ2v) is 9.82. The topological polar surface area (TPSA) is 101 Å². The minimum Gasteiger partial charge on any atom is -0.478 e. The number of aromatic amines is 1. The number of rotatable bonds is 1. The highest BCUT2D eigenvalue weighted by atomic mass is 19.3. The Morgan fingerprint density at radius 1 is 1.16 bits per heavy atom. The molecule has 2 aromatic rings. The van der Waals surface area contributed by atoms with Crippen LogP contribution >= 0.6 is 0 Å². The number of nitrogens with zero attached hydrogens (tertiary/aromatic N) is 2. The molecule has 1 unspecified atom stereocenters. The van der Waals surface area contributed by atoms with E-state index in [1.54, 1.807) is 6.07 Å². The minimum absolute atomic E-state index is 0.118. The van der Waals surface area contributed by atoms with E-state index in [0.29, 0.717) is 18.1 Å². The Kier molecular flexibility index (Phi) is 4.35. The number of alkyl carbamates (subject to hydrolysis) is 1. The highest BCUT2D eigenvalue weighted by Gasteiger charge is 2.68. The number of carbonyl (C=O) groups excluding carboxylic acids is 1. The van der Waals surface area contributed by atoms with Crippen LogP contribution < -0.4 is 15.4 Å². The van der Waals surface area contributed by atoms with Gasteiger partial charge in [0.2, 0.25) is 5.88 Å². The Balaban J connectivity index is 1.27. The summed E-state index contributed by atoms with van der Waals surface area (Å²) in [5.74, 6) is 0.891. The zero-order valence-corrected chi connectivity index (χ0v) is 17.5. The summed E-state index contributed by atoms with van der Waals surface area (Å²) < 4.78 is 38.3. The average molecular weight is 445 g/mol. The first kappa shape index (κ1) is 19.8. The second-order valence-electron chi connectivity index (χ2n) is 9.82. The average Bonchev–Trinajstić information content (AvgIpc) is 3.33. The number of aromatic nitrogens is 3. The standard InChI is InChI=1S/C22H25F2N5O3/c23-19(24)16-6-13-7-18(26-16)31-4-3-21-9-22(10-21,11-21)27-20(30)32-14-2-1-12(5-14)15-8-17(25-13)29-28-15/h6-8,12,14,19H,1-5,9-11H2,(H,27,30)(H2,25,28,29)/t12-,14?,21?,22?/m0/s1. The Hall–Kier alpha value is -2.91. The maximum Gasteiger partial charge on any atom is 0.407 e. The molecule has 8 nitrogen and oxygen atoms in total. The van der Waals surface area contributed by atoms with Gasteiger partial charge in [-0.2, -0.15) is 5.10 Å². The Bertz CT molecular complexity index is 1040. The Morgan fingerprint density at radius 3 is 2.81 bits per heavy atom. The van der Waals surface area contributed by atoms with E-state index in [1.165, 1.54) is 6.07 Å². The molecular formula is C22H25F2N5O3. The van der Waals surface area contributed by atoms with Gasteiger partial charge in [-0.15, -0.1) is 0 Å². The number of anilines is 2. The molecule has 8 bridgehead atoms. The predicted molar refractivity (Wildman–Crippen MR) is 110 cm³/mol. The van der Waals surface area contributed by atoms with Crippen LogP contribution in [-0.4, -0.2) is 39.5 Å². The van der Waals surface area contributed by atoms with Crippen molar-refractivity contribution < 1.29 is 23.0 Å². The van der Waals surface area contributed by atoms with Crippen LogP contribution in [0.5, 0.6) is 5.88 Å². The van der Waals surface area contributed by atoms with Gasteiger partial charge in [-0.3, -0.25) is 5.10 Å². The van der Waals surface area contributed by atoms with Gasteiger partial charge in [0.15, 0.2) is 5.82 Å². The van der Waals surface area contributed by atoms with Crippen molar-refractivity contribution in [2.75, 3.05) is 11.9 Å². The van der Waals surface area contributed by atoms with Gasteiger partial charge in [0.05, 0.1) is 6.61 Å². The molecular weight excluding hydrogens is 420 g/mol. The van der Waals surface area contributed by atoms with Crippen LogP contribution in [0.25, 0.3) is 0 Å². The lowest BCUT2D eigenvalue weighted by molar-refractivity contribution is -0.159. The number of hydrogen-bond donors (Lipinski definition) is 3. The van der Waals surface area contributed by atoms with E-state index in [4.69, 9.17) is 9.47 Å². The lowest BCUT2D eigenvalue weighted by Crippen LogP contribution is -2.74. The van der Waals surface area contributed by atoms with Gasteiger partial charge in [-0.1, -0.05) is 0 Å². The third kappa shape index (κ3) is 3.45. The molecule has 0 aromatic carbocycles. The molecule has 2 atom stereocenters. The number of halogens is 2. The molecule has 3 aliphatic heterocycles. The van der Waals surface area contributed by atoms with Gasteiger partial charge < -0.3 is 20.1 Å². The van der Waals surface area contributed by atoms with Crippen LogP contribution in [0.4, 0.5) is 25.1 Å². The van der Waals surface area contributed by atoms with Crippen LogP contribution in [0.15, 0.2) is 18.2 Å². The van der Waals surface area contributed by atoms with E-state index in [2.05, 4.69) is 25.8 Å². The molecule has 4 saturated carbocycles. The van der Waals surface area contributed by atoms with E-state index in [0.717, 1.165) is 50.6 Å². The zero-order valence-electron chi connectivity index (χ0n) is 17.5. The number of nitrogens with one attached hydrogen (secondary N) is 3. The van der Waals surface area contributed by atoms with Crippen molar-refractivity contribution in [3.8, 4) is 5.88 Å². The fourth-order valence-corrected chi connectivity index (χ4v) is 6.04. The highest BCUT2D eigenvalue weighted by Crippen LogP contribution is 2.68. The Morgan fingerprint density at radius 2 is 2.00 bits per heavy atom. The summed E-state index contributed by atoms with van der Waals surface area (Å²) >= 11 is 0. The third-order valence-corrected chi connectivity index (χ3v) is 7.40. The smallest absolute Gasteiger partial charge is 0.407 e. The van der Waals surface area contributed by atoms with Gasteiger partial charge in [-0.05, 0) is 56.4 Å². The molecule has 4 aliphatic carbocycles. The molecule has 1 amide bonds. The molecule has 0 saturated heterocycles. The van der Waals surface area contributed by atoms with Crippen molar-refractivity contribution in [2.45, 2.75) is 68.9 Å². The maximum absolute atomic E-state index is 13.4. The number of hydrogen-bond acceptors (Lipinski definition) is 6. The molecule has 2 aromatic heterocycles. The van der Waals surface area contributed by atoms with Crippen LogP contribution in [-0.2, 0) is 4.74 Å². The lowest BCUT2D eigenvalue weighted by atomic mass is 9.38. The molecule has 7 aliphatic rings. The minimum atomic E-state index is -2.70. The summed E-state index contributed by atoms with van der Waals surface area (Å²) in [4.78, 5) is 16.4. The van der Waals surface area contributed by atoms with E-state index in [1.807, 2.05) is 6.07 Å².